The van der Waals surface area contributed by atoms with E-state index in [-0.39, 0.29) is 21.7 Å². The lowest BCUT2D eigenvalue weighted by Gasteiger charge is -2.29. The van der Waals surface area contributed by atoms with Crippen LogP contribution in [-0.4, -0.2) is 16.2 Å². The van der Waals surface area contributed by atoms with Crippen LogP contribution in [-0.2, 0) is 21.7 Å². The highest BCUT2D eigenvalue weighted by molar-refractivity contribution is 6.09. The van der Waals surface area contributed by atoms with Crippen molar-refractivity contribution in [2.45, 2.75) is 97.8 Å². The van der Waals surface area contributed by atoms with Crippen molar-refractivity contribution in [1.82, 2.24) is 9.55 Å². The summed E-state index contributed by atoms with van der Waals surface area (Å²) in [6.07, 6.45) is 1.93. The minimum atomic E-state index is -0.309. The van der Waals surface area contributed by atoms with Crippen molar-refractivity contribution in [2.75, 3.05) is 16.5 Å². The highest BCUT2D eigenvalue weighted by atomic mass is 16.5. The molecule has 0 amide bonds. The number of benzene rings is 6. The van der Waals surface area contributed by atoms with E-state index in [2.05, 4.69) is 236 Å². The third-order valence-corrected chi connectivity index (χ3v) is 12.9. The first-order chi connectivity index (χ1) is 29.4. The number of rotatable bonds is 7. The summed E-state index contributed by atoms with van der Waals surface area (Å²) in [6, 6.07) is 53.2. The van der Waals surface area contributed by atoms with Crippen LogP contribution in [0.25, 0.3) is 27.6 Å². The van der Waals surface area contributed by atoms with E-state index < -0.39 is 0 Å². The predicted octanol–water partition coefficient (Wildman–Crippen LogP) is 15.4. The van der Waals surface area contributed by atoms with Gasteiger partial charge in [0.05, 0.1) is 22.4 Å². The zero-order valence-corrected chi connectivity index (χ0v) is 38.3. The van der Waals surface area contributed by atoms with Gasteiger partial charge in [-0.1, -0.05) is 143 Å². The van der Waals surface area contributed by atoms with E-state index in [4.69, 9.17) is 9.72 Å². The average molecular weight is 817 g/mol. The summed E-state index contributed by atoms with van der Waals surface area (Å²) >= 11 is 0. The van der Waals surface area contributed by atoms with Crippen LogP contribution < -0.4 is 14.5 Å². The second-order valence-electron chi connectivity index (χ2n) is 20.7. The standard InChI is InChI=1S/C57H60N4O/c1-54(2,3)38-21-24-43(25-22-38)59-37-60(50-28-23-40(33-52(50)59)55(4,5)6)44-31-42(57(10,11)39-17-13-12-14-18-39)32-46(35-44)62-45-26-27-48-47-19-15-16-20-49(47)61(51(48)36-45)53-34-41(29-30-58-53)56(7,8)9/h12-36H,37H2,1-11H3. The van der Waals surface area contributed by atoms with E-state index in [1.807, 2.05) is 6.20 Å². The molecule has 0 saturated carbocycles. The van der Waals surface area contributed by atoms with Gasteiger partial charge in [0.15, 0.2) is 0 Å². The van der Waals surface area contributed by atoms with Gasteiger partial charge in [0.25, 0.3) is 0 Å². The molecule has 8 aromatic rings. The van der Waals surface area contributed by atoms with Crippen LogP contribution in [0.2, 0.25) is 0 Å². The van der Waals surface area contributed by atoms with Gasteiger partial charge in [0.1, 0.15) is 24.0 Å². The van der Waals surface area contributed by atoms with Gasteiger partial charge < -0.3 is 14.5 Å². The van der Waals surface area contributed by atoms with Crippen molar-refractivity contribution in [3.8, 4) is 17.3 Å². The number of nitrogens with zero attached hydrogens (tertiary/aromatic N) is 4. The van der Waals surface area contributed by atoms with Crippen LogP contribution in [0, 0.1) is 0 Å². The highest BCUT2D eigenvalue weighted by Gasteiger charge is 2.32. The fourth-order valence-electron chi connectivity index (χ4n) is 8.90. The van der Waals surface area contributed by atoms with Crippen LogP contribution in [0.4, 0.5) is 22.7 Å². The Morgan fingerprint density at radius 1 is 0.435 bits per heavy atom. The van der Waals surface area contributed by atoms with E-state index in [1.165, 1.54) is 50.3 Å². The van der Waals surface area contributed by atoms with E-state index in [0.29, 0.717) is 6.67 Å². The lowest BCUT2D eigenvalue weighted by Crippen LogP contribution is -2.25. The second kappa shape index (κ2) is 14.9. The summed E-state index contributed by atoms with van der Waals surface area (Å²) in [6.45, 7) is 25.7. The normalized spacial score (nSPS) is 13.6. The number of hydrogen-bond donors (Lipinski definition) is 0. The number of para-hydroxylation sites is 1. The van der Waals surface area contributed by atoms with Gasteiger partial charge in [0, 0.05) is 45.9 Å². The molecule has 0 spiro atoms. The van der Waals surface area contributed by atoms with Crippen molar-refractivity contribution in [1.29, 1.82) is 0 Å². The number of hydrogen-bond acceptors (Lipinski definition) is 4. The largest absolute Gasteiger partial charge is 0.457 e. The third kappa shape index (κ3) is 7.52. The Balaban J connectivity index is 1.18. The molecular formula is C57H60N4O. The topological polar surface area (TPSA) is 33.5 Å². The summed E-state index contributed by atoms with van der Waals surface area (Å²) in [4.78, 5) is 9.84. The van der Waals surface area contributed by atoms with Gasteiger partial charge in [-0.15, -0.1) is 0 Å². The Morgan fingerprint density at radius 2 is 1.06 bits per heavy atom. The molecule has 0 atom stereocenters. The van der Waals surface area contributed by atoms with Crippen molar-refractivity contribution in [3.63, 3.8) is 0 Å². The third-order valence-electron chi connectivity index (χ3n) is 12.9. The molecule has 0 bridgehead atoms. The van der Waals surface area contributed by atoms with Gasteiger partial charge in [0.2, 0.25) is 0 Å². The summed E-state index contributed by atoms with van der Waals surface area (Å²) in [5.41, 5.74) is 12.9. The fraction of sp³-hybridized carbons (Fsp3) is 0.281. The molecule has 1 aliphatic heterocycles. The van der Waals surface area contributed by atoms with Gasteiger partial charge in [-0.25, -0.2) is 4.98 Å². The maximum Gasteiger partial charge on any atom is 0.137 e. The lowest BCUT2D eigenvalue weighted by atomic mass is 9.78. The Kier molecular flexibility index (Phi) is 9.89. The first-order valence-electron chi connectivity index (χ1n) is 22.1. The Labute approximate surface area is 368 Å². The maximum absolute atomic E-state index is 7.06. The van der Waals surface area contributed by atoms with Crippen LogP contribution in [0.3, 0.4) is 0 Å². The van der Waals surface area contributed by atoms with E-state index in [9.17, 15) is 0 Å². The van der Waals surface area contributed by atoms with Gasteiger partial charge >= 0.3 is 0 Å². The van der Waals surface area contributed by atoms with Crippen molar-refractivity contribution in [2.24, 2.45) is 0 Å². The first kappa shape index (κ1) is 41.0. The summed E-state index contributed by atoms with van der Waals surface area (Å²) in [7, 11) is 0. The number of anilines is 4. The molecule has 314 valence electrons. The molecule has 6 aromatic carbocycles. The Morgan fingerprint density at radius 3 is 1.77 bits per heavy atom. The molecule has 62 heavy (non-hydrogen) atoms. The number of pyridine rings is 1. The molecule has 9 rings (SSSR count). The minimum Gasteiger partial charge on any atom is -0.457 e. The molecule has 5 heteroatoms. The molecule has 0 radical (unpaired) electrons. The molecule has 2 aromatic heterocycles. The monoisotopic (exact) mass is 816 g/mol. The van der Waals surface area contributed by atoms with Crippen LogP contribution in [0.1, 0.15) is 104 Å². The SMILES string of the molecule is CC(C)(C)c1ccc(N2CN(c3cc(Oc4ccc5c6ccccc6n(-c6cc(C(C)(C)C)ccn6)c5c4)cc(C(C)(C)c4ccccc4)c3)c3ccc(C(C)(C)C)cc32)cc1. The van der Waals surface area contributed by atoms with Crippen molar-refractivity contribution >= 4 is 44.6 Å². The van der Waals surface area contributed by atoms with Gasteiger partial charge in [-0.3, -0.25) is 4.57 Å². The van der Waals surface area contributed by atoms with Crippen LogP contribution in [0.5, 0.6) is 11.5 Å². The summed E-state index contributed by atoms with van der Waals surface area (Å²) in [5.74, 6) is 2.46. The quantitative estimate of drug-likeness (QED) is 0.160. The zero-order chi connectivity index (χ0) is 43.8. The average Bonchev–Trinajstić information content (AvgIpc) is 3.79. The zero-order valence-electron chi connectivity index (χ0n) is 38.3. The van der Waals surface area contributed by atoms with Crippen LogP contribution >= 0.6 is 0 Å². The number of aromatic nitrogens is 2. The molecule has 0 unspecified atom stereocenters. The van der Waals surface area contributed by atoms with Crippen LogP contribution in [0.15, 0.2) is 152 Å². The molecule has 5 nitrogen and oxygen atoms in total. The molecule has 1 aliphatic rings. The number of fused-ring (bicyclic) bond motifs is 4. The van der Waals surface area contributed by atoms with E-state index >= 15 is 0 Å². The minimum absolute atomic E-state index is 0.00308. The molecular weight excluding hydrogens is 757 g/mol. The molecule has 0 aliphatic carbocycles. The smallest absolute Gasteiger partial charge is 0.137 e. The Hall–Kier alpha value is -6.33. The summed E-state index contributed by atoms with van der Waals surface area (Å²) in [5, 5.41) is 2.35. The lowest BCUT2D eigenvalue weighted by molar-refractivity contribution is 0.480. The highest BCUT2D eigenvalue weighted by Crippen LogP contribution is 2.48. The molecule has 0 N–H and O–H groups in total. The molecule has 3 heterocycles. The van der Waals surface area contributed by atoms with Gasteiger partial charge in [-0.05, 0) is 111 Å². The van der Waals surface area contributed by atoms with E-state index in [0.717, 1.165) is 39.4 Å². The van der Waals surface area contributed by atoms with E-state index in [1.54, 1.807) is 0 Å². The van der Waals surface area contributed by atoms with Gasteiger partial charge in [-0.2, -0.15) is 0 Å². The summed E-state index contributed by atoms with van der Waals surface area (Å²) < 4.78 is 9.34. The first-order valence-corrected chi connectivity index (χ1v) is 22.1. The maximum atomic E-state index is 7.06. The van der Waals surface area contributed by atoms with Crippen molar-refractivity contribution < 1.29 is 4.74 Å². The van der Waals surface area contributed by atoms with Crippen molar-refractivity contribution in [3.05, 3.63) is 180 Å². The molecule has 0 fully saturated rings. The molecule has 0 saturated heterocycles. The fourth-order valence-corrected chi connectivity index (χ4v) is 8.90. The number of ether oxygens (including phenoxy) is 1. The second-order valence-corrected chi connectivity index (χ2v) is 20.7. The predicted molar refractivity (Wildman–Crippen MR) is 262 cm³/mol. The Bertz CT molecular complexity index is 2940.